The normalized spacial score (nSPS) is 15.6. The molecule has 1 unspecified atom stereocenters. The summed E-state index contributed by atoms with van der Waals surface area (Å²) < 4.78 is 20.6. The molecule has 35 heavy (non-hydrogen) atoms. The van der Waals surface area contributed by atoms with Crippen molar-refractivity contribution in [3.8, 4) is 17.0 Å². The van der Waals surface area contributed by atoms with E-state index in [0.29, 0.717) is 5.56 Å². The Bertz CT molecular complexity index is 1160. The first-order valence-corrected chi connectivity index (χ1v) is 12.7. The molecular weight excluding hydrogens is 439 g/mol. The first kappa shape index (κ1) is 25.2. The number of aliphatic hydroxyl groups is 1. The van der Waals surface area contributed by atoms with Crippen LogP contribution in [0.5, 0.6) is 5.75 Å². The van der Waals surface area contributed by atoms with E-state index in [1.807, 2.05) is 6.07 Å². The second-order valence-corrected chi connectivity index (χ2v) is 9.82. The molecule has 1 aliphatic rings. The highest BCUT2D eigenvalue weighted by molar-refractivity contribution is 5.71. The van der Waals surface area contributed by atoms with Crippen LogP contribution in [0.2, 0.25) is 0 Å². The molecule has 0 saturated carbocycles. The van der Waals surface area contributed by atoms with Gasteiger partial charge in [-0.3, -0.25) is 4.98 Å². The number of halogens is 1. The molecular formula is C30H37FN2O2. The summed E-state index contributed by atoms with van der Waals surface area (Å²) in [7, 11) is 1.71. The van der Waals surface area contributed by atoms with E-state index >= 15 is 0 Å². The molecule has 4 rings (SSSR count). The molecule has 0 bridgehead atoms. The number of rotatable bonds is 8. The minimum Gasteiger partial charge on any atom is -0.496 e. The van der Waals surface area contributed by atoms with Crippen molar-refractivity contribution in [3.63, 3.8) is 0 Å². The number of fused-ring (bicyclic) bond motifs is 1. The molecule has 1 atom stereocenters. The topological polar surface area (TPSA) is 54.4 Å². The highest BCUT2D eigenvalue weighted by Gasteiger charge is 2.28. The molecule has 4 nitrogen and oxygen atoms in total. The molecule has 0 spiro atoms. The van der Waals surface area contributed by atoms with Crippen LogP contribution in [-0.2, 0) is 31.5 Å². The molecule has 0 saturated heterocycles. The number of aliphatic hydroxyl groups excluding tert-OH is 1. The number of pyridine rings is 1. The Morgan fingerprint density at radius 3 is 2.40 bits per heavy atom. The molecule has 0 aliphatic heterocycles. The quantitative estimate of drug-likeness (QED) is 0.365. The number of anilines is 1. The standard InChI is InChI=1S/C30H37FN2O2/c1-6-19-10-8-11-20(7-2)28(19)26-17-27(35-5)29-23(12-9-13-24(29)33-26)32-25-16-22(30(3,4)31)15-14-21(25)18-34/h8,10-11,14-17,23,32,34H,6-7,9,12-13,18H2,1-5H3. The fourth-order valence-corrected chi connectivity index (χ4v) is 5.18. The van der Waals surface area contributed by atoms with E-state index in [1.165, 1.54) is 16.7 Å². The Morgan fingerprint density at radius 1 is 1.09 bits per heavy atom. The molecule has 3 aromatic rings. The lowest BCUT2D eigenvalue weighted by Gasteiger charge is -2.30. The number of ether oxygens (including phenoxy) is 1. The van der Waals surface area contributed by atoms with Crippen molar-refractivity contribution in [2.75, 3.05) is 12.4 Å². The lowest BCUT2D eigenvalue weighted by atomic mass is 9.87. The lowest BCUT2D eigenvalue weighted by molar-refractivity contribution is 0.221. The van der Waals surface area contributed by atoms with Crippen LogP contribution >= 0.6 is 0 Å². The maximum Gasteiger partial charge on any atom is 0.130 e. The minimum atomic E-state index is -1.47. The molecule has 1 aromatic heterocycles. The third-order valence-electron chi connectivity index (χ3n) is 7.13. The first-order valence-electron chi connectivity index (χ1n) is 12.7. The van der Waals surface area contributed by atoms with E-state index in [-0.39, 0.29) is 12.6 Å². The van der Waals surface area contributed by atoms with Crippen LogP contribution in [0.15, 0.2) is 42.5 Å². The smallest absolute Gasteiger partial charge is 0.130 e. The summed E-state index contributed by atoms with van der Waals surface area (Å²) in [5, 5.41) is 13.5. The minimum absolute atomic E-state index is 0.0365. The maximum absolute atomic E-state index is 14.7. The van der Waals surface area contributed by atoms with Gasteiger partial charge < -0.3 is 15.2 Å². The molecule has 2 N–H and O–H groups in total. The van der Waals surface area contributed by atoms with E-state index in [2.05, 4.69) is 43.4 Å². The van der Waals surface area contributed by atoms with Gasteiger partial charge in [-0.05, 0) is 68.7 Å². The number of aryl methyl sites for hydroxylation is 3. The molecule has 186 valence electrons. The van der Waals surface area contributed by atoms with Gasteiger partial charge in [0, 0.05) is 28.4 Å². The van der Waals surface area contributed by atoms with Crippen LogP contribution in [0.3, 0.4) is 0 Å². The summed E-state index contributed by atoms with van der Waals surface area (Å²) in [4.78, 5) is 5.17. The van der Waals surface area contributed by atoms with Crippen LogP contribution in [0.1, 0.15) is 80.1 Å². The van der Waals surface area contributed by atoms with Crippen molar-refractivity contribution >= 4 is 5.69 Å². The number of nitrogens with one attached hydrogen (secondary N) is 1. The van der Waals surface area contributed by atoms with Crippen LogP contribution in [0.25, 0.3) is 11.3 Å². The van der Waals surface area contributed by atoms with E-state index in [1.54, 1.807) is 33.1 Å². The molecule has 0 fully saturated rings. The van der Waals surface area contributed by atoms with Gasteiger partial charge in [0.05, 0.1) is 31.1 Å². The van der Waals surface area contributed by atoms with Gasteiger partial charge in [-0.25, -0.2) is 4.39 Å². The zero-order valence-electron chi connectivity index (χ0n) is 21.5. The summed E-state index contributed by atoms with van der Waals surface area (Å²) in [6, 6.07) is 13.9. The highest BCUT2D eigenvalue weighted by Crippen LogP contribution is 2.42. The number of aromatic nitrogens is 1. The molecule has 2 aromatic carbocycles. The number of hydrogen-bond acceptors (Lipinski definition) is 4. The Balaban J connectivity index is 1.79. The van der Waals surface area contributed by atoms with Crippen molar-refractivity contribution in [1.82, 2.24) is 4.98 Å². The summed E-state index contributed by atoms with van der Waals surface area (Å²) in [6.07, 6.45) is 4.67. The monoisotopic (exact) mass is 476 g/mol. The SMILES string of the molecule is CCc1cccc(CC)c1-c1cc(OC)c2c(n1)CCCC2Nc1cc(C(C)(C)F)ccc1CO. The van der Waals surface area contributed by atoms with Gasteiger partial charge in [-0.2, -0.15) is 0 Å². The predicted molar refractivity (Wildman–Crippen MR) is 141 cm³/mol. The van der Waals surface area contributed by atoms with E-state index in [9.17, 15) is 9.50 Å². The largest absolute Gasteiger partial charge is 0.496 e. The fraction of sp³-hybridized carbons (Fsp3) is 0.433. The Labute approximate surface area is 208 Å². The van der Waals surface area contributed by atoms with Crippen LogP contribution in [0, 0.1) is 0 Å². The molecule has 1 aliphatic carbocycles. The van der Waals surface area contributed by atoms with Gasteiger partial charge >= 0.3 is 0 Å². The highest BCUT2D eigenvalue weighted by atomic mass is 19.1. The van der Waals surface area contributed by atoms with Crippen molar-refractivity contribution in [2.24, 2.45) is 0 Å². The average molecular weight is 477 g/mol. The second kappa shape index (κ2) is 10.4. The lowest BCUT2D eigenvalue weighted by Crippen LogP contribution is -2.21. The fourth-order valence-electron chi connectivity index (χ4n) is 5.18. The number of benzene rings is 2. The number of nitrogens with zero attached hydrogens (tertiary/aromatic N) is 1. The van der Waals surface area contributed by atoms with Gasteiger partial charge in [0.25, 0.3) is 0 Å². The van der Waals surface area contributed by atoms with Crippen molar-refractivity contribution < 1.29 is 14.2 Å². The van der Waals surface area contributed by atoms with Crippen LogP contribution in [-0.4, -0.2) is 17.2 Å². The molecule has 0 amide bonds. The first-order chi connectivity index (χ1) is 16.8. The van der Waals surface area contributed by atoms with E-state index in [0.717, 1.165) is 66.1 Å². The van der Waals surface area contributed by atoms with Gasteiger partial charge in [0.15, 0.2) is 0 Å². The zero-order chi connectivity index (χ0) is 25.2. The van der Waals surface area contributed by atoms with Crippen molar-refractivity contribution in [3.05, 3.63) is 76.0 Å². The Kier molecular flexibility index (Phi) is 7.46. The van der Waals surface area contributed by atoms with E-state index < -0.39 is 5.67 Å². The summed E-state index contributed by atoms with van der Waals surface area (Å²) >= 11 is 0. The summed E-state index contributed by atoms with van der Waals surface area (Å²) in [6.45, 7) is 7.34. The number of alkyl halides is 1. The Morgan fingerprint density at radius 2 is 1.80 bits per heavy atom. The molecule has 0 radical (unpaired) electrons. The van der Waals surface area contributed by atoms with Crippen molar-refractivity contribution in [2.45, 2.75) is 78.1 Å². The summed E-state index contributed by atoms with van der Waals surface area (Å²) in [5.74, 6) is 0.822. The third-order valence-corrected chi connectivity index (χ3v) is 7.13. The number of hydrogen-bond donors (Lipinski definition) is 2. The van der Waals surface area contributed by atoms with Crippen molar-refractivity contribution in [1.29, 1.82) is 0 Å². The molecule has 5 heteroatoms. The number of methoxy groups -OCH3 is 1. The predicted octanol–water partition coefficient (Wildman–Crippen LogP) is 7.07. The van der Waals surface area contributed by atoms with Gasteiger partial charge in [-0.15, -0.1) is 0 Å². The van der Waals surface area contributed by atoms with Gasteiger partial charge in [0.2, 0.25) is 0 Å². The Hall–Kier alpha value is -2.92. The maximum atomic E-state index is 14.7. The summed E-state index contributed by atoms with van der Waals surface area (Å²) in [5.41, 5.74) is 7.49. The van der Waals surface area contributed by atoms with Crippen LogP contribution in [0.4, 0.5) is 10.1 Å². The molecule has 1 heterocycles. The van der Waals surface area contributed by atoms with Crippen LogP contribution < -0.4 is 10.1 Å². The van der Waals surface area contributed by atoms with E-state index in [4.69, 9.17) is 9.72 Å². The zero-order valence-corrected chi connectivity index (χ0v) is 21.5. The third kappa shape index (κ3) is 5.06. The second-order valence-electron chi connectivity index (χ2n) is 9.82. The van der Waals surface area contributed by atoms with Gasteiger partial charge in [-0.1, -0.05) is 44.2 Å². The average Bonchev–Trinajstić information content (AvgIpc) is 2.86. The van der Waals surface area contributed by atoms with Gasteiger partial charge in [0.1, 0.15) is 11.4 Å².